The van der Waals surface area contributed by atoms with E-state index in [-0.39, 0.29) is 0 Å². The van der Waals surface area contributed by atoms with Crippen LogP contribution in [0, 0.1) is 0 Å². The molecule has 2 N–H and O–H groups in total. The van der Waals surface area contributed by atoms with E-state index >= 15 is 0 Å². The van der Waals surface area contributed by atoms with E-state index in [1.54, 1.807) is 13.3 Å². The number of pyridine rings is 1. The summed E-state index contributed by atoms with van der Waals surface area (Å²) in [5.41, 5.74) is 1.07. The third-order valence-electron chi connectivity index (χ3n) is 3.70. The van der Waals surface area contributed by atoms with Gasteiger partial charge in [0.1, 0.15) is 0 Å². The van der Waals surface area contributed by atoms with Crippen molar-refractivity contribution in [2.24, 2.45) is 4.99 Å². The van der Waals surface area contributed by atoms with Gasteiger partial charge in [0.05, 0.1) is 13.7 Å². The van der Waals surface area contributed by atoms with E-state index in [0.717, 1.165) is 24.6 Å². The molecule has 2 heterocycles. The summed E-state index contributed by atoms with van der Waals surface area (Å²) in [6.45, 7) is 6.82. The molecule has 0 bridgehead atoms. The van der Waals surface area contributed by atoms with Crippen molar-refractivity contribution in [3.05, 3.63) is 23.9 Å². The Hall–Kier alpha value is -1.43. The van der Waals surface area contributed by atoms with Crippen LogP contribution in [-0.2, 0) is 6.54 Å². The fourth-order valence-corrected chi connectivity index (χ4v) is 3.63. The first-order valence-corrected chi connectivity index (χ1v) is 8.79. The van der Waals surface area contributed by atoms with Gasteiger partial charge in [-0.05, 0) is 38.0 Å². The number of ether oxygens (including phenoxy) is 1. The molecule has 0 aromatic carbocycles. The van der Waals surface area contributed by atoms with E-state index in [4.69, 9.17) is 4.74 Å². The standard InChI is InChI=1S/C16H26N4OS/c1-4-17-15(20-12-16(2)8-5-9-22-16)19-11-13-6-7-14(21-3)18-10-13/h6-7,10H,4-5,8-9,11-12H2,1-3H3,(H2,17,19,20). The first-order valence-electron chi connectivity index (χ1n) is 7.80. The highest BCUT2D eigenvalue weighted by Crippen LogP contribution is 2.36. The molecule has 0 saturated carbocycles. The van der Waals surface area contributed by atoms with Gasteiger partial charge in [-0.3, -0.25) is 0 Å². The van der Waals surface area contributed by atoms with Crippen LogP contribution in [0.3, 0.4) is 0 Å². The summed E-state index contributed by atoms with van der Waals surface area (Å²) in [6, 6.07) is 3.86. The molecule has 1 aromatic heterocycles. The molecular formula is C16H26N4OS. The Morgan fingerprint density at radius 1 is 1.45 bits per heavy atom. The quantitative estimate of drug-likeness (QED) is 0.622. The Morgan fingerprint density at radius 3 is 2.91 bits per heavy atom. The summed E-state index contributed by atoms with van der Waals surface area (Å²) in [7, 11) is 1.62. The van der Waals surface area contributed by atoms with Crippen molar-refractivity contribution < 1.29 is 4.74 Å². The van der Waals surface area contributed by atoms with E-state index in [9.17, 15) is 0 Å². The summed E-state index contributed by atoms with van der Waals surface area (Å²) in [6.07, 6.45) is 4.39. The molecule has 1 saturated heterocycles. The van der Waals surface area contributed by atoms with Gasteiger partial charge in [0, 0.05) is 30.1 Å². The highest BCUT2D eigenvalue weighted by molar-refractivity contribution is 8.00. The lowest BCUT2D eigenvalue weighted by Gasteiger charge is -2.24. The largest absolute Gasteiger partial charge is 0.481 e. The monoisotopic (exact) mass is 322 g/mol. The first kappa shape index (κ1) is 16.9. The third-order valence-corrected chi connectivity index (χ3v) is 5.24. The molecule has 0 spiro atoms. The van der Waals surface area contributed by atoms with Crippen molar-refractivity contribution in [2.45, 2.75) is 38.0 Å². The first-order chi connectivity index (χ1) is 10.6. The maximum atomic E-state index is 5.07. The van der Waals surface area contributed by atoms with Crippen LogP contribution in [0.1, 0.15) is 32.3 Å². The van der Waals surface area contributed by atoms with Gasteiger partial charge < -0.3 is 15.4 Å². The minimum atomic E-state index is 0.331. The molecule has 0 amide bonds. The van der Waals surface area contributed by atoms with Crippen LogP contribution in [0.15, 0.2) is 23.3 Å². The van der Waals surface area contributed by atoms with Crippen LogP contribution in [0.4, 0.5) is 0 Å². The molecule has 1 fully saturated rings. The smallest absolute Gasteiger partial charge is 0.212 e. The van der Waals surface area contributed by atoms with E-state index in [2.05, 4.69) is 46.2 Å². The minimum Gasteiger partial charge on any atom is -0.481 e. The number of aliphatic imine (C=N–C) groups is 1. The van der Waals surface area contributed by atoms with Gasteiger partial charge in [0.25, 0.3) is 0 Å². The van der Waals surface area contributed by atoms with Crippen LogP contribution in [0.25, 0.3) is 0 Å². The second-order valence-corrected chi connectivity index (χ2v) is 7.34. The Morgan fingerprint density at radius 2 is 2.32 bits per heavy atom. The number of nitrogens with one attached hydrogen (secondary N) is 2. The van der Waals surface area contributed by atoms with Crippen LogP contribution in [-0.4, -0.2) is 41.6 Å². The number of hydrogen-bond donors (Lipinski definition) is 2. The highest BCUT2D eigenvalue weighted by Gasteiger charge is 2.29. The molecule has 22 heavy (non-hydrogen) atoms. The Labute approximate surface area is 137 Å². The molecule has 1 atom stereocenters. The maximum Gasteiger partial charge on any atom is 0.212 e. The molecule has 5 nitrogen and oxygen atoms in total. The predicted molar refractivity (Wildman–Crippen MR) is 93.7 cm³/mol. The summed E-state index contributed by atoms with van der Waals surface area (Å²) >= 11 is 2.05. The van der Waals surface area contributed by atoms with Crippen molar-refractivity contribution in [3.63, 3.8) is 0 Å². The van der Waals surface area contributed by atoms with Crippen molar-refractivity contribution in [1.29, 1.82) is 0 Å². The molecular weight excluding hydrogens is 296 g/mol. The van der Waals surface area contributed by atoms with Gasteiger partial charge in [-0.2, -0.15) is 11.8 Å². The number of methoxy groups -OCH3 is 1. The third kappa shape index (κ3) is 5.09. The molecule has 122 valence electrons. The lowest BCUT2D eigenvalue weighted by Crippen LogP contribution is -2.43. The van der Waals surface area contributed by atoms with Crippen LogP contribution >= 0.6 is 11.8 Å². The van der Waals surface area contributed by atoms with Crippen molar-refractivity contribution >= 4 is 17.7 Å². The topological polar surface area (TPSA) is 58.5 Å². The molecule has 0 radical (unpaired) electrons. The molecule has 1 aliphatic rings. The SMILES string of the molecule is CCNC(=NCc1ccc(OC)nc1)NCC1(C)CCCS1. The summed E-state index contributed by atoms with van der Waals surface area (Å²) in [5.74, 6) is 2.76. The number of aromatic nitrogens is 1. The van der Waals surface area contributed by atoms with Crippen LogP contribution < -0.4 is 15.4 Å². The van der Waals surface area contributed by atoms with Gasteiger partial charge >= 0.3 is 0 Å². The molecule has 6 heteroatoms. The second kappa shape index (κ2) is 8.27. The van der Waals surface area contributed by atoms with Gasteiger partial charge in [0.2, 0.25) is 5.88 Å². The highest BCUT2D eigenvalue weighted by atomic mass is 32.2. The van der Waals surface area contributed by atoms with Crippen molar-refractivity contribution in [1.82, 2.24) is 15.6 Å². The lowest BCUT2D eigenvalue weighted by molar-refractivity contribution is 0.397. The summed E-state index contributed by atoms with van der Waals surface area (Å²) in [5, 5.41) is 6.77. The average molecular weight is 322 g/mol. The van der Waals surface area contributed by atoms with E-state index in [1.165, 1.54) is 18.6 Å². The Kier molecular flexibility index (Phi) is 6.36. The lowest BCUT2D eigenvalue weighted by atomic mass is 10.1. The predicted octanol–water partition coefficient (Wildman–Crippen LogP) is 2.43. The molecule has 1 unspecified atom stereocenters. The molecule has 1 aliphatic heterocycles. The molecule has 2 rings (SSSR count). The number of guanidine groups is 1. The summed E-state index contributed by atoms with van der Waals surface area (Å²) in [4.78, 5) is 8.84. The number of nitrogens with zero attached hydrogens (tertiary/aromatic N) is 2. The second-order valence-electron chi connectivity index (χ2n) is 5.66. The van der Waals surface area contributed by atoms with Crippen LogP contribution in [0.2, 0.25) is 0 Å². The van der Waals surface area contributed by atoms with E-state index in [0.29, 0.717) is 17.2 Å². The Balaban J connectivity index is 1.90. The fraction of sp³-hybridized carbons (Fsp3) is 0.625. The number of thioether (sulfide) groups is 1. The van der Waals surface area contributed by atoms with Crippen LogP contribution in [0.5, 0.6) is 5.88 Å². The number of hydrogen-bond acceptors (Lipinski definition) is 4. The zero-order chi connectivity index (χ0) is 15.8. The van der Waals surface area contributed by atoms with Gasteiger partial charge in [-0.15, -0.1) is 0 Å². The Bertz CT molecular complexity index is 483. The fourth-order valence-electron chi connectivity index (χ4n) is 2.38. The number of rotatable bonds is 6. The summed E-state index contributed by atoms with van der Waals surface area (Å²) < 4.78 is 5.40. The van der Waals surface area contributed by atoms with Crippen molar-refractivity contribution in [2.75, 3.05) is 26.0 Å². The van der Waals surface area contributed by atoms with Crippen molar-refractivity contribution in [3.8, 4) is 5.88 Å². The average Bonchev–Trinajstić information content (AvgIpc) is 2.98. The molecule has 1 aromatic rings. The maximum absolute atomic E-state index is 5.07. The van der Waals surface area contributed by atoms with Gasteiger partial charge in [-0.25, -0.2) is 9.98 Å². The van der Waals surface area contributed by atoms with E-state index < -0.39 is 0 Å². The normalized spacial score (nSPS) is 21.7. The zero-order valence-electron chi connectivity index (χ0n) is 13.7. The van der Waals surface area contributed by atoms with E-state index in [1.807, 2.05) is 12.1 Å². The molecule has 0 aliphatic carbocycles. The minimum absolute atomic E-state index is 0.331. The van der Waals surface area contributed by atoms with Gasteiger partial charge in [0.15, 0.2) is 5.96 Å². The van der Waals surface area contributed by atoms with Gasteiger partial charge in [-0.1, -0.05) is 6.07 Å². The zero-order valence-corrected chi connectivity index (χ0v) is 14.5.